The number of para-hydroxylation sites is 1. The highest BCUT2D eigenvalue weighted by molar-refractivity contribution is 6.31. The lowest BCUT2D eigenvalue weighted by atomic mass is 10.2. The molecule has 7 heteroatoms. The van der Waals surface area contributed by atoms with Gasteiger partial charge in [-0.05, 0) is 51.2 Å². The van der Waals surface area contributed by atoms with Gasteiger partial charge in [0.05, 0.1) is 25.4 Å². The van der Waals surface area contributed by atoms with E-state index in [4.69, 9.17) is 16.3 Å². The fraction of sp³-hybridized carbons (Fsp3) is 0.333. The van der Waals surface area contributed by atoms with Crippen molar-refractivity contribution in [2.75, 3.05) is 37.5 Å². The van der Waals surface area contributed by atoms with Crippen molar-refractivity contribution in [2.45, 2.75) is 19.9 Å². The van der Waals surface area contributed by atoms with E-state index in [1.165, 1.54) is 7.11 Å². The van der Waals surface area contributed by atoms with Crippen LogP contribution in [0.2, 0.25) is 5.02 Å². The molecule has 0 radical (unpaired) electrons. The lowest BCUT2D eigenvalue weighted by molar-refractivity contribution is -0.124. The summed E-state index contributed by atoms with van der Waals surface area (Å²) in [4.78, 5) is 28.8. The predicted octanol–water partition coefficient (Wildman–Crippen LogP) is 3.66. The van der Waals surface area contributed by atoms with Gasteiger partial charge in [0.25, 0.3) is 0 Å². The standard InChI is InChI=1S/C21H26ClN3O3/c1-5-25(17-9-7-6-8-10-17)21(27)15(2)24(3)14-20(26)23-18-13-16(22)11-12-19(18)28-4/h6-13,15H,5,14H2,1-4H3,(H,23,26)/t15-/m1/s1. The molecular formula is C21H26ClN3O3. The number of ether oxygens (including phenoxy) is 1. The van der Waals surface area contributed by atoms with Gasteiger partial charge in [-0.2, -0.15) is 0 Å². The summed E-state index contributed by atoms with van der Waals surface area (Å²) in [6.07, 6.45) is 0. The Morgan fingerprint density at radius 1 is 1.18 bits per heavy atom. The summed E-state index contributed by atoms with van der Waals surface area (Å²) in [5.74, 6) is 0.195. The third-order valence-electron chi connectivity index (χ3n) is 4.50. The molecule has 28 heavy (non-hydrogen) atoms. The largest absolute Gasteiger partial charge is 0.495 e. The van der Waals surface area contributed by atoms with Crippen LogP contribution in [-0.4, -0.2) is 50.0 Å². The highest BCUT2D eigenvalue weighted by Crippen LogP contribution is 2.27. The van der Waals surface area contributed by atoms with E-state index in [9.17, 15) is 9.59 Å². The molecule has 0 heterocycles. The van der Waals surface area contributed by atoms with Crippen molar-refractivity contribution in [3.63, 3.8) is 0 Å². The van der Waals surface area contributed by atoms with Crippen LogP contribution in [0.4, 0.5) is 11.4 Å². The number of rotatable bonds is 8. The molecule has 2 amide bonds. The SMILES string of the molecule is CCN(C(=O)[C@@H](C)N(C)CC(=O)Nc1cc(Cl)ccc1OC)c1ccccc1. The van der Waals surface area contributed by atoms with E-state index in [0.717, 1.165) is 5.69 Å². The topological polar surface area (TPSA) is 61.9 Å². The summed E-state index contributed by atoms with van der Waals surface area (Å²) < 4.78 is 5.24. The van der Waals surface area contributed by atoms with E-state index >= 15 is 0 Å². The average molecular weight is 404 g/mol. The van der Waals surface area contributed by atoms with E-state index in [0.29, 0.717) is 23.0 Å². The van der Waals surface area contributed by atoms with Gasteiger partial charge in [-0.25, -0.2) is 0 Å². The van der Waals surface area contributed by atoms with Crippen molar-refractivity contribution < 1.29 is 14.3 Å². The van der Waals surface area contributed by atoms with Crippen LogP contribution in [0.15, 0.2) is 48.5 Å². The molecule has 1 N–H and O–H groups in total. The summed E-state index contributed by atoms with van der Waals surface area (Å²) in [7, 11) is 3.27. The van der Waals surface area contributed by atoms with E-state index in [1.807, 2.05) is 37.3 Å². The van der Waals surface area contributed by atoms with Crippen molar-refractivity contribution >= 4 is 34.8 Å². The Kier molecular flexibility index (Phi) is 7.84. The molecule has 2 rings (SSSR count). The van der Waals surface area contributed by atoms with Gasteiger partial charge in [0, 0.05) is 17.3 Å². The molecule has 0 aromatic heterocycles. The number of hydrogen-bond donors (Lipinski definition) is 1. The number of hydrogen-bond acceptors (Lipinski definition) is 4. The van der Waals surface area contributed by atoms with Crippen molar-refractivity contribution in [2.24, 2.45) is 0 Å². The number of likely N-dealkylation sites (N-methyl/N-ethyl adjacent to an activating group) is 2. The van der Waals surface area contributed by atoms with E-state index < -0.39 is 6.04 Å². The minimum Gasteiger partial charge on any atom is -0.495 e. The molecule has 0 fully saturated rings. The smallest absolute Gasteiger partial charge is 0.244 e. The number of methoxy groups -OCH3 is 1. The maximum atomic E-state index is 12.9. The average Bonchev–Trinajstić information content (AvgIpc) is 2.68. The summed E-state index contributed by atoms with van der Waals surface area (Å²) >= 11 is 6.00. The molecule has 2 aromatic rings. The van der Waals surface area contributed by atoms with E-state index in [2.05, 4.69) is 5.32 Å². The predicted molar refractivity (Wildman–Crippen MR) is 113 cm³/mol. The van der Waals surface area contributed by atoms with Gasteiger partial charge in [-0.1, -0.05) is 29.8 Å². The van der Waals surface area contributed by atoms with Crippen LogP contribution in [0.5, 0.6) is 5.75 Å². The number of nitrogens with one attached hydrogen (secondary N) is 1. The van der Waals surface area contributed by atoms with Crippen molar-refractivity contribution in [1.29, 1.82) is 0 Å². The zero-order valence-electron chi connectivity index (χ0n) is 16.6. The molecule has 0 bridgehead atoms. The lowest BCUT2D eigenvalue weighted by Crippen LogP contribution is -2.48. The quantitative estimate of drug-likeness (QED) is 0.730. The minimum atomic E-state index is -0.466. The third-order valence-corrected chi connectivity index (χ3v) is 4.73. The second-order valence-corrected chi connectivity index (χ2v) is 6.84. The molecule has 6 nitrogen and oxygen atoms in total. The first-order valence-electron chi connectivity index (χ1n) is 9.07. The molecule has 0 aliphatic heterocycles. The lowest BCUT2D eigenvalue weighted by Gasteiger charge is -2.29. The molecule has 0 saturated carbocycles. The highest BCUT2D eigenvalue weighted by Gasteiger charge is 2.25. The van der Waals surface area contributed by atoms with Gasteiger partial charge < -0.3 is 15.0 Å². The number of anilines is 2. The Bertz CT molecular complexity index is 814. The summed E-state index contributed by atoms with van der Waals surface area (Å²) in [5, 5.41) is 3.28. The van der Waals surface area contributed by atoms with Gasteiger partial charge in [0.15, 0.2) is 0 Å². The first-order valence-corrected chi connectivity index (χ1v) is 9.45. The Morgan fingerprint density at radius 3 is 2.46 bits per heavy atom. The molecule has 0 saturated heterocycles. The zero-order chi connectivity index (χ0) is 20.7. The number of carbonyl (C=O) groups is 2. The van der Waals surface area contributed by atoms with E-state index in [1.54, 1.807) is 42.0 Å². The monoisotopic (exact) mass is 403 g/mol. The molecule has 0 unspecified atom stereocenters. The van der Waals surface area contributed by atoms with Crippen LogP contribution in [-0.2, 0) is 9.59 Å². The molecule has 2 aromatic carbocycles. The number of halogens is 1. The maximum Gasteiger partial charge on any atom is 0.244 e. The first kappa shape index (κ1) is 21.7. The van der Waals surface area contributed by atoms with Crippen molar-refractivity contribution in [1.82, 2.24) is 4.90 Å². The van der Waals surface area contributed by atoms with Crippen LogP contribution in [0, 0.1) is 0 Å². The molecular weight excluding hydrogens is 378 g/mol. The van der Waals surface area contributed by atoms with Gasteiger partial charge >= 0.3 is 0 Å². The first-order chi connectivity index (χ1) is 13.4. The van der Waals surface area contributed by atoms with E-state index in [-0.39, 0.29) is 18.4 Å². The van der Waals surface area contributed by atoms with Crippen LogP contribution in [0.25, 0.3) is 0 Å². The Morgan fingerprint density at radius 2 is 1.86 bits per heavy atom. The van der Waals surface area contributed by atoms with Crippen LogP contribution >= 0.6 is 11.6 Å². The van der Waals surface area contributed by atoms with Crippen LogP contribution in [0.3, 0.4) is 0 Å². The minimum absolute atomic E-state index is 0.0505. The molecule has 0 aliphatic carbocycles. The Balaban J connectivity index is 2.03. The van der Waals surface area contributed by atoms with Gasteiger partial charge in [-0.15, -0.1) is 0 Å². The van der Waals surface area contributed by atoms with Gasteiger partial charge in [0.2, 0.25) is 11.8 Å². The number of benzene rings is 2. The maximum absolute atomic E-state index is 12.9. The second-order valence-electron chi connectivity index (χ2n) is 6.40. The molecule has 1 atom stereocenters. The number of amides is 2. The Hall–Kier alpha value is -2.57. The fourth-order valence-electron chi connectivity index (χ4n) is 2.82. The summed E-state index contributed by atoms with van der Waals surface area (Å²) in [5.41, 5.74) is 1.33. The number of carbonyl (C=O) groups excluding carboxylic acids is 2. The van der Waals surface area contributed by atoms with Crippen molar-refractivity contribution in [3.05, 3.63) is 53.6 Å². The number of nitrogens with zero attached hydrogens (tertiary/aromatic N) is 2. The van der Waals surface area contributed by atoms with Crippen LogP contribution in [0.1, 0.15) is 13.8 Å². The van der Waals surface area contributed by atoms with Gasteiger partial charge in [0.1, 0.15) is 5.75 Å². The normalized spacial score (nSPS) is 11.8. The molecule has 0 aliphatic rings. The third kappa shape index (κ3) is 5.47. The summed E-state index contributed by atoms with van der Waals surface area (Å²) in [6.45, 7) is 4.32. The summed E-state index contributed by atoms with van der Waals surface area (Å²) in [6, 6.07) is 14.0. The van der Waals surface area contributed by atoms with Crippen LogP contribution < -0.4 is 15.0 Å². The zero-order valence-corrected chi connectivity index (χ0v) is 17.4. The fourth-order valence-corrected chi connectivity index (χ4v) is 2.99. The molecule has 0 spiro atoms. The second kappa shape index (κ2) is 10.1. The molecule has 150 valence electrons. The van der Waals surface area contributed by atoms with Gasteiger partial charge in [-0.3, -0.25) is 14.5 Å². The Labute approximate surface area is 171 Å². The highest BCUT2D eigenvalue weighted by atomic mass is 35.5. The van der Waals surface area contributed by atoms with Crippen molar-refractivity contribution in [3.8, 4) is 5.75 Å².